The highest BCUT2D eigenvalue weighted by Crippen LogP contribution is 2.26. The SMILES string of the molecule is CC(=O)Oc1ccc(-n2c(C)cc(C=C3C(=O)NC(=O)N(c4ccccc4)C3=O)c2C)cc1. The first-order valence-electron chi connectivity index (χ1n) is 10.2. The molecule has 1 aliphatic heterocycles. The first-order valence-corrected chi connectivity index (χ1v) is 10.2. The van der Waals surface area contributed by atoms with Crippen molar-refractivity contribution in [3.63, 3.8) is 0 Å². The van der Waals surface area contributed by atoms with Crippen molar-refractivity contribution in [2.24, 2.45) is 0 Å². The maximum Gasteiger partial charge on any atom is 0.335 e. The number of anilines is 1. The topological polar surface area (TPSA) is 97.7 Å². The number of barbiturate groups is 1. The zero-order chi connectivity index (χ0) is 23.7. The van der Waals surface area contributed by atoms with E-state index >= 15 is 0 Å². The van der Waals surface area contributed by atoms with E-state index in [0.29, 0.717) is 17.0 Å². The van der Waals surface area contributed by atoms with Crippen molar-refractivity contribution in [3.05, 3.63) is 83.2 Å². The van der Waals surface area contributed by atoms with E-state index in [9.17, 15) is 19.2 Å². The number of hydrogen-bond donors (Lipinski definition) is 1. The fourth-order valence-corrected chi connectivity index (χ4v) is 3.78. The smallest absolute Gasteiger partial charge is 0.335 e. The van der Waals surface area contributed by atoms with Gasteiger partial charge in [-0.2, -0.15) is 0 Å². The minimum Gasteiger partial charge on any atom is -0.427 e. The molecule has 0 aliphatic carbocycles. The van der Waals surface area contributed by atoms with Gasteiger partial charge in [0.05, 0.1) is 5.69 Å². The molecule has 0 atom stereocenters. The summed E-state index contributed by atoms with van der Waals surface area (Å²) in [6.07, 6.45) is 1.49. The predicted molar refractivity (Wildman–Crippen MR) is 122 cm³/mol. The number of benzene rings is 2. The number of urea groups is 1. The van der Waals surface area contributed by atoms with Crippen LogP contribution in [0.25, 0.3) is 11.8 Å². The van der Waals surface area contributed by atoms with E-state index in [4.69, 9.17) is 4.74 Å². The zero-order valence-electron chi connectivity index (χ0n) is 18.3. The molecule has 1 saturated heterocycles. The lowest BCUT2D eigenvalue weighted by Gasteiger charge is -2.26. The molecule has 1 aliphatic rings. The second-order valence-electron chi connectivity index (χ2n) is 7.54. The van der Waals surface area contributed by atoms with Gasteiger partial charge in [0.2, 0.25) is 0 Å². The van der Waals surface area contributed by atoms with Crippen LogP contribution in [0.5, 0.6) is 5.75 Å². The van der Waals surface area contributed by atoms with Gasteiger partial charge in [-0.25, -0.2) is 9.69 Å². The zero-order valence-corrected chi connectivity index (χ0v) is 18.3. The van der Waals surface area contributed by atoms with Crippen LogP contribution in [0.15, 0.2) is 66.2 Å². The molecule has 0 unspecified atom stereocenters. The van der Waals surface area contributed by atoms with E-state index in [1.165, 1.54) is 13.0 Å². The number of hydrogen-bond acceptors (Lipinski definition) is 5. The van der Waals surface area contributed by atoms with Crippen molar-refractivity contribution in [1.82, 2.24) is 9.88 Å². The number of rotatable bonds is 4. The molecule has 2 heterocycles. The number of aromatic nitrogens is 1. The molecular weight excluding hydrogens is 422 g/mol. The van der Waals surface area contributed by atoms with Crippen LogP contribution < -0.4 is 15.0 Å². The highest BCUT2D eigenvalue weighted by molar-refractivity contribution is 6.39. The van der Waals surface area contributed by atoms with Crippen LogP contribution in [0.1, 0.15) is 23.9 Å². The second kappa shape index (κ2) is 8.58. The molecule has 1 fully saturated rings. The summed E-state index contributed by atoms with van der Waals surface area (Å²) in [6.45, 7) is 5.10. The lowest BCUT2D eigenvalue weighted by atomic mass is 10.1. The minimum absolute atomic E-state index is 0.135. The third-order valence-electron chi connectivity index (χ3n) is 5.24. The van der Waals surface area contributed by atoms with Crippen LogP contribution >= 0.6 is 0 Å². The van der Waals surface area contributed by atoms with Crippen molar-refractivity contribution in [3.8, 4) is 11.4 Å². The van der Waals surface area contributed by atoms with Crippen LogP contribution in [0.3, 0.4) is 0 Å². The molecule has 8 nitrogen and oxygen atoms in total. The third kappa shape index (κ3) is 4.18. The van der Waals surface area contributed by atoms with Gasteiger partial charge in [0.15, 0.2) is 0 Å². The van der Waals surface area contributed by atoms with Crippen molar-refractivity contribution >= 4 is 35.6 Å². The van der Waals surface area contributed by atoms with Gasteiger partial charge in [-0.05, 0) is 68.0 Å². The lowest BCUT2D eigenvalue weighted by Crippen LogP contribution is -2.54. The summed E-state index contributed by atoms with van der Waals surface area (Å²) in [4.78, 5) is 50.0. The van der Waals surface area contributed by atoms with E-state index in [0.717, 1.165) is 22.0 Å². The third-order valence-corrected chi connectivity index (χ3v) is 5.24. The number of carbonyl (C=O) groups excluding carboxylic acids is 4. The molecule has 1 aromatic heterocycles. The fourth-order valence-electron chi connectivity index (χ4n) is 3.78. The molecular formula is C25H21N3O5. The number of ether oxygens (including phenoxy) is 1. The largest absolute Gasteiger partial charge is 0.427 e. The van der Waals surface area contributed by atoms with Crippen LogP contribution in [0, 0.1) is 13.8 Å². The van der Waals surface area contributed by atoms with E-state index < -0.39 is 23.8 Å². The van der Waals surface area contributed by atoms with E-state index in [-0.39, 0.29) is 5.57 Å². The van der Waals surface area contributed by atoms with Crippen LogP contribution in [0.2, 0.25) is 0 Å². The maximum absolute atomic E-state index is 13.1. The number of carbonyl (C=O) groups is 4. The van der Waals surface area contributed by atoms with Crippen molar-refractivity contribution in [2.75, 3.05) is 4.90 Å². The average molecular weight is 443 g/mol. The van der Waals surface area contributed by atoms with E-state index in [1.807, 2.05) is 36.6 Å². The number of imide groups is 2. The molecule has 0 saturated carbocycles. The van der Waals surface area contributed by atoms with Crippen molar-refractivity contribution in [2.45, 2.75) is 20.8 Å². The number of para-hydroxylation sites is 1. The van der Waals surface area contributed by atoms with Crippen molar-refractivity contribution < 1.29 is 23.9 Å². The van der Waals surface area contributed by atoms with Gasteiger partial charge in [0.25, 0.3) is 11.8 Å². The molecule has 33 heavy (non-hydrogen) atoms. The highest BCUT2D eigenvalue weighted by Gasteiger charge is 2.36. The predicted octanol–water partition coefficient (Wildman–Crippen LogP) is 3.69. The molecule has 0 bridgehead atoms. The molecule has 166 valence electrons. The maximum atomic E-state index is 13.1. The van der Waals surface area contributed by atoms with Gasteiger partial charge in [-0.15, -0.1) is 0 Å². The Bertz CT molecular complexity index is 1300. The minimum atomic E-state index is -0.785. The van der Waals surface area contributed by atoms with Gasteiger partial charge < -0.3 is 9.30 Å². The Morgan fingerprint density at radius 1 is 0.939 bits per heavy atom. The van der Waals surface area contributed by atoms with E-state index in [2.05, 4.69) is 5.32 Å². The Hall–Kier alpha value is -4.46. The fraction of sp³-hybridized carbons (Fsp3) is 0.120. The quantitative estimate of drug-likeness (QED) is 0.287. The number of aryl methyl sites for hydroxylation is 1. The van der Waals surface area contributed by atoms with Crippen LogP contribution in [0.4, 0.5) is 10.5 Å². The summed E-state index contributed by atoms with van der Waals surface area (Å²) in [6, 6.07) is 16.5. The van der Waals surface area contributed by atoms with Gasteiger partial charge in [-0.3, -0.25) is 19.7 Å². The van der Waals surface area contributed by atoms with Gasteiger partial charge in [0, 0.05) is 24.0 Å². The van der Waals surface area contributed by atoms with Gasteiger partial charge in [0.1, 0.15) is 11.3 Å². The molecule has 0 spiro atoms. The summed E-state index contributed by atoms with van der Waals surface area (Å²) in [5.41, 5.74) is 3.40. The number of nitrogens with zero attached hydrogens (tertiary/aromatic N) is 2. The van der Waals surface area contributed by atoms with Gasteiger partial charge >= 0.3 is 12.0 Å². The van der Waals surface area contributed by atoms with Crippen LogP contribution in [-0.4, -0.2) is 28.4 Å². The first kappa shape index (κ1) is 21.8. The second-order valence-corrected chi connectivity index (χ2v) is 7.54. The molecule has 2 aromatic carbocycles. The summed E-state index contributed by atoms with van der Waals surface area (Å²) >= 11 is 0. The lowest BCUT2D eigenvalue weighted by molar-refractivity contribution is -0.132. The molecule has 3 aromatic rings. The molecule has 0 radical (unpaired) electrons. The highest BCUT2D eigenvalue weighted by atomic mass is 16.5. The molecule has 4 amide bonds. The molecule has 8 heteroatoms. The van der Waals surface area contributed by atoms with Crippen molar-refractivity contribution in [1.29, 1.82) is 0 Å². The molecule has 4 rings (SSSR count). The normalized spacial score (nSPS) is 15.1. The molecule has 1 N–H and O–H groups in total. The Morgan fingerprint density at radius 2 is 1.61 bits per heavy atom. The number of esters is 1. The first-order chi connectivity index (χ1) is 15.8. The van der Waals surface area contributed by atoms with Gasteiger partial charge in [-0.1, -0.05) is 18.2 Å². The summed E-state index contributed by atoms with van der Waals surface area (Å²) in [5, 5.41) is 2.23. The number of amides is 4. The standard InChI is InChI=1S/C25H21N3O5/c1-15-13-18(16(2)27(15)20-9-11-21(12-10-20)33-17(3)29)14-22-23(30)26-25(32)28(24(22)31)19-7-5-4-6-8-19/h4-14H,1-3H3,(H,26,30,32). The Balaban J connectivity index is 1.70. The number of nitrogens with one attached hydrogen (secondary N) is 1. The average Bonchev–Trinajstić information content (AvgIpc) is 3.05. The summed E-state index contributed by atoms with van der Waals surface area (Å²) in [5.74, 6) is -1.40. The Kier molecular flexibility index (Phi) is 5.66. The summed E-state index contributed by atoms with van der Waals surface area (Å²) < 4.78 is 7.03. The van der Waals surface area contributed by atoms with E-state index in [1.54, 1.807) is 42.5 Å². The Labute approximate surface area is 190 Å². The van der Waals surface area contributed by atoms with Crippen LogP contribution in [-0.2, 0) is 14.4 Å². The Morgan fingerprint density at radius 3 is 2.24 bits per heavy atom. The summed E-state index contributed by atoms with van der Waals surface area (Å²) in [7, 11) is 0. The monoisotopic (exact) mass is 443 g/mol.